The molecule has 1 aromatic rings. The quantitative estimate of drug-likeness (QED) is 0.825. The average Bonchev–Trinajstić information content (AvgIpc) is 2.70. The summed E-state index contributed by atoms with van der Waals surface area (Å²) in [7, 11) is -3.91. The van der Waals surface area contributed by atoms with E-state index in [1.165, 1.54) is 11.2 Å². The maximum absolute atomic E-state index is 12.6. The van der Waals surface area contributed by atoms with Gasteiger partial charge >= 0.3 is 5.97 Å². The van der Waals surface area contributed by atoms with Crippen LogP contribution >= 0.6 is 0 Å². The van der Waals surface area contributed by atoms with Crippen LogP contribution in [0.15, 0.2) is 4.90 Å². The van der Waals surface area contributed by atoms with Gasteiger partial charge in [0, 0.05) is 13.1 Å². The van der Waals surface area contributed by atoms with Gasteiger partial charge in [0.05, 0.1) is 17.9 Å². The Labute approximate surface area is 116 Å². The number of hydrogen-bond acceptors (Lipinski definition) is 5. The van der Waals surface area contributed by atoms with Gasteiger partial charge < -0.3 is 9.84 Å². The zero-order valence-corrected chi connectivity index (χ0v) is 12.3. The third-order valence-electron chi connectivity index (χ3n) is 3.08. The van der Waals surface area contributed by atoms with E-state index in [0.29, 0.717) is 0 Å². The van der Waals surface area contributed by atoms with Gasteiger partial charge in [0.1, 0.15) is 4.90 Å². The number of carboxylic acid groups (broad SMARTS) is 1. The van der Waals surface area contributed by atoms with E-state index in [9.17, 15) is 13.2 Å². The van der Waals surface area contributed by atoms with Gasteiger partial charge in [-0.05, 0) is 20.8 Å². The number of hydrogen-bond donors (Lipinski definition) is 2. The molecule has 112 valence electrons. The number of nitrogens with zero attached hydrogens (tertiary/aromatic N) is 2. The SMILES string of the molecule is Cc1[nH]nc(C(=O)O)c1S(=O)(=O)N1CC(C)OC(C)C1. The Morgan fingerprint density at radius 2 is 1.95 bits per heavy atom. The summed E-state index contributed by atoms with van der Waals surface area (Å²) in [6.45, 7) is 5.42. The molecule has 0 saturated carbocycles. The molecule has 2 atom stereocenters. The molecule has 0 amide bonds. The zero-order chi connectivity index (χ0) is 15.1. The highest BCUT2D eigenvalue weighted by atomic mass is 32.2. The highest BCUT2D eigenvalue weighted by Crippen LogP contribution is 2.25. The number of rotatable bonds is 3. The van der Waals surface area contributed by atoms with Crippen molar-refractivity contribution in [2.45, 2.75) is 37.9 Å². The summed E-state index contributed by atoms with van der Waals surface area (Å²) < 4.78 is 32.0. The number of nitrogens with one attached hydrogen (secondary N) is 1. The van der Waals surface area contributed by atoms with Crippen LogP contribution in [0.5, 0.6) is 0 Å². The molecule has 2 rings (SSSR count). The van der Waals surface area contributed by atoms with Gasteiger partial charge in [-0.1, -0.05) is 0 Å². The lowest BCUT2D eigenvalue weighted by Gasteiger charge is -2.34. The molecule has 9 heteroatoms. The van der Waals surface area contributed by atoms with Crippen molar-refractivity contribution < 1.29 is 23.1 Å². The smallest absolute Gasteiger partial charge is 0.357 e. The predicted molar refractivity (Wildman–Crippen MR) is 69.1 cm³/mol. The first-order valence-corrected chi connectivity index (χ1v) is 7.61. The number of carboxylic acids is 1. The lowest BCUT2D eigenvalue weighted by Crippen LogP contribution is -2.48. The van der Waals surface area contributed by atoms with E-state index in [4.69, 9.17) is 9.84 Å². The topological polar surface area (TPSA) is 113 Å². The number of ether oxygens (including phenoxy) is 1. The molecule has 2 heterocycles. The molecule has 1 aliphatic heterocycles. The summed E-state index contributed by atoms with van der Waals surface area (Å²) in [6.07, 6.45) is -0.483. The Morgan fingerprint density at radius 3 is 2.45 bits per heavy atom. The zero-order valence-electron chi connectivity index (χ0n) is 11.5. The standard InChI is InChI=1S/C11H17N3O5S/c1-6-4-14(5-7(2)19-6)20(17,18)10-8(3)12-13-9(10)11(15)16/h6-7H,4-5H2,1-3H3,(H,12,13)(H,15,16). The van der Waals surface area contributed by atoms with Crippen LogP contribution in [0.4, 0.5) is 0 Å². The van der Waals surface area contributed by atoms with Crippen LogP contribution < -0.4 is 0 Å². The maximum Gasteiger partial charge on any atom is 0.357 e. The first-order valence-electron chi connectivity index (χ1n) is 6.17. The molecule has 1 saturated heterocycles. The lowest BCUT2D eigenvalue weighted by molar-refractivity contribution is -0.0441. The van der Waals surface area contributed by atoms with Crippen LogP contribution in [-0.4, -0.2) is 59.3 Å². The van der Waals surface area contributed by atoms with E-state index in [0.717, 1.165) is 0 Å². The molecule has 2 N–H and O–H groups in total. The number of aryl methyl sites for hydroxylation is 1. The number of aromatic nitrogens is 2. The average molecular weight is 303 g/mol. The first-order chi connectivity index (χ1) is 9.23. The Kier molecular flexibility index (Phi) is 3.85. The first kappa shape index (κ1) is 14.9. The number of H-pyrrole nitrogens is 1. The summed E-state index contributed by atoms with van der Waals surface area (Å²) in [5.74, 6) is -1.37. The van der Waals surface area contributed by atoms with Crippen molar-refractivity contribution in [3.8, 4) is 0 Å². The van der Waals surface area contributed by atoms with Crippen LogP contribution in [0.1, 0.15) is 30.0 Å². The number of aromatic carboxylic acids is 1. The number of morpholine rings is 1. The fourth-order valence-electron chi connectivity index (χ4n) is 2.34. The molecule has 20 heavy (non-hydrogen) atoms. The van der Waals surface area contributed by atoms with Gasteiger partial charge in [0.15, 0.2) is 5.69 Å². The van der Waals surface area contributed by atoms with Crippen LogP contribution in [0.2, 0.25) is 0 Å². The second-order valence-corrected chi connectivity index (χ2v) is 6.79. The summed E-state index contributed by atoms with van der Waals surface area (Å²) >= 11 is 0. The van der Waals surface area contributed by atoms with Crippen molar-refractivity contribution in [3.05, 3.63) is 11.4 Å². The van der Waals surface area contributed by atoms with Gasteiger partial charge in [0.2, 0.25) is 10.0 Å². The molecular weight excluding hydrogens is 286 g/mol. The Morgan fingerprint density at radius 1 is 1.40 bits per heavy atom. The molecule has 2 unspecified atom stereocenters. The Hall–Kier alpha value is -1.45. The minimum absolute atomic E-state index is 0.191. The van der Waals surface area contributed by atoms with Crippen LogP contribution in [0.3, 0.4) is 0 Å². The third-order valence-corrected chi connectivity index (χ3v) is 5.07. The van der Waals surface area contributed by atoms with Crippen LogP contribution in [-0.2, 0) is 14.8 Å². The summed E-state index contributed by atoms with van der Waals surface area (Å²) in [5, 5.41) is 15.0. The van der Waals surface area contributed by atoms with E-state index >= 15 is 0 Å². The number of carbonyl (C=O) groups is 1. The van der Waals surface area contributed by atoms with Gasteiger partial charge in [0.25, 0.3) is 0 Å². The molecular formula is C11H17N3O5S. The molecule has 1 aliphatic rings. The second-order valence-electron chi connectivity index (χ2n) is 4.91. The van der Waals surface area contributed by atoms with Crippen molar-refractivity contribution in [2.24, 2.45) is 0 Å². The Bertz CT molecular complexity index is 614. The minimum atomic E-state index is -3.91. The molecule has 0 spiro atoms. The van der Waals surface area contributed by atoms with Gasteiger partial charge in [-0.2, -0.15) is 9.40 Å². The molecule has 0 aliphatic carbocycles. The molecule has 1 fully saturated rings. The minimum Gasteiger partial charge on any atom is -0.476 e. The summed E-state index contributed by atoms with van der Waals surface area (Å²) in [5.41, 5.74) is -0.261. The maximum atomic E-state index is 12.6. The molecule has 0 radical (unpaired) electrons. The van der Waals surface area contributed by atoms with Gasteiger partial charge in [-0.15, -0.1) is 0 Å². The van der Waals surface area contributed by atoms with E-state index in [1.807, 2.05) is 0 Å². The van der Waals surface area contributed by atoms with E-state index < -0.39 is 21.7 Å². The second kappa shape index (κ2) is 5.15. The predicted octanol–water partition coefficient (Wildman–Crippen LogP) is 0.214. The van der Waals surface area contributed by atoms with Crippen LogP contribution in [0.25, 0.3) is 0 Å². The molecule has 8 nitrogen and oxygen atoms in total. The number of aromatic amines is 1. The third kappa shape index (κ3) is 2.56. The van der Waals surface area contributed by atoms with E-state index in [-0.39, 0.29) is 35.9 Å². The van der Waals surface area contributed by atoms with Crippen molar-refractivity contribution in [1.29, 1.82) is 0 Å². The van der Waals surface area contributed by atoms with Gasteiger partial charge in [-0.3, -0.25) is 5.10 Å². The summed E-state index contributed by atoms with van der Waals surface area (Å²) in [4.78, 5) is 10.8. The molecule has 1 aromatic heterocycles. The Balaban J connectivity index is 2.45. The van der Waals surface area contributed by atoms with Crippen molar-refractivity contribution in [2.75, 3.05) is 13.1 Å². The fourth-order valence-corrected chi connectivity index (χ4v) is 4.22. The van der Waals surface area contributed by atoms with Gasteiger partial charge in [-0.25, -0.2) is 13.2 Å². The molecule has 0 bridgehead atoms. The van der Waals surface area contributed by atoms with Crippen molar-refractivity contribution in [3.63, 3.8) is 0 Å². The van der Waals surface area contributed by atoms with Crippen LogP contribution in [0, 0.1) is 6.92 Å². The van der Waals surface area contributed by atoms with E-state index in [1.54, 1.807) is 13.8 Å². The highest BCUT2D eigenvalue weighted by molar-refractivity contribution is 7.89. The lowest BCUT2D eigenvalue weighted by atomic mass is 10.3. The summed E-state index contributed by atoms with van der Waals surface area (Å²) in [6, 6.07) is 0. The van der Waals surface area contributed by atoms with Crippen molar-refractivity contribution in [1.82, 2.24) is 14.5 Å². The number of sulfonamides is 1. The fraction of sp³-hybridized carbons (Fsp3) is 0.636. The normalized spacial score (nSPS) is 24.8. The largest absolute Gasteiger partial charge is 0.476 e. The van der Waals surface area contributed by atoms with E-state index in [2.05, 4.69) is 10.2 Å². The van der Waals surface area contributed by atoms with Crippen molar-refractivity contribution >= 4 is 16.0 Å². The molecule has 0 aromatic carbocycles. The monoisotopic (exact) mass is 303 g/mol. The highest BCUT2D eigenvalue weighted by Gasteiger charge is 2.37.